The van der Waals surface area contributed by atoms with Crippen LogP contribution in [0, 0.1) is 0 Å². The van der Waals surface area contributed by atoms with Crippen LogP contribution in [-0.4, -0.2) is 28.7 Å². The molecule has 3 fully saturated rings. The van der Waals surface area contributed by atoms with Crippen molar-refractivity contribution in [3.05, 3.63) is 42.0 Å². The van der Waals surface area contributed by atoms with Gasteiger partial charge in [-0.2, -0.15) is 0 Å². The zero-order valence-electron chi connectivity index (χ0n) is 19.2. The Labute approximate surface area is 208 Å². The van der Waals surface area contributed by atoms with Crippen molar-refractivity contribution in [2.24, 2.45) is 0 Å². The Morgan fingerprint density at radius 2 is 1.22 bits per heavy atom. The van der Waals surface area contributed by atoms with Gasteiger partial charge in [0.1, 0.15) is 0 Å². The van der Waals surface area contributed by atoms with Crippen molar-refractivity contribution < 1.29 is 18.3 Å². The summed E-state index contributed by atoms with van der Waals surface area (Å²) in [6.07, 6.45) is 19.0. The Balaban J connectivity index is 0.000000153. The molecule has 1 nitrogen and oxygen atoms in total. The maximum atomic E-state index is 5.89. The molecule has 0 heterocycles. The van der Waals surface area contributed by atoms with E-state index in [1.165, 1.54) is 22.4 Å². The van der Waals surface area contributed by atoms with Gasteiger partial charge < -0.3 is 0 Å². The number of hydrogen-bond acceptors (Lipinski definition) is 1. The van der Waals surface area contributed by atoms with E-state index in [1.807, 2.05) is 22.8 Å². The minimum absolute atomic E-state index is 0.436. The van der Waals surface area contributed by atoms with Gasteiger partial charge in [0, 0.05) is 0 Å². The molecule has 2 aromatic carbocycles. The van der Waals surface area contributed by atoms with Gasteiger partial charge in [0.05, 0.1) is 0 Å². The van der Waals surface area contributed by atoms with Crippen LogP contribution in [0.2, 0.25) is 0 Å². The van der Waals surface area contributed by atoms with Gasteiger partial charge in [0.25, 0.3) is 0 Å². The molecule has 0 N–H and O–H groups in total. The zero-order valence-corrected chi connectivity index (χ0v) is 23.4. The molecule has 2 aromatic rings. The second-order valence-corrected chi connectivity index (χ2v) is 18.3. The van der Waals surface area contributed by atoms with Crippen LogP contribution in [0.5, 0.6) is 5.75 Å². The van der Waals surface area contributed by atoms with Gasteiger partial charge in [0.2, 0.25) is 0 Å². The van der Waals surface area contributed by atoms with Crippen molar-refractivity contribution in [2.45, 2.75) is 94.0 Å². The summed E-state index contributed by atoms with van der Waals surface area (Å²) in [6, 6.07) is 12.2. The maximum absolute atomic E-state index is 5.89. The Bertz CT molecular complexity index is 858. The Hall–Kier alpha value is 0.00338. The topological polar surface area (TPSA) is 9.23 Å². The van der Waals surface area contributed by atoms with Gasteiger partial charge in [-0.3, -0.25) is 0 Å². The molecule has 0 radical (unpaired) electrons. The van der Waals surface area contributed by atoms with Crippen molar-refractivity contribution in [1.82, 2.24) is 0 Å². The van der Waals surface area contributed by atoms with Crippen LogP contribution in [0.4, 0.5) is 0 Å². The predicted molar refractivity (Wildman–Crippen MR) is 141 cm³/mol. The van der Waals surface area contributed by atoms with Crippen LogP contribution >= 0.6 is 27.3 Å². The van der Waals surface area contributed by atoms with E-state index in [0.29, 0.717) is 7.92 Å². The molecule has 0 saturated heterocycles. The molecule has 0 amide bonds. The molecular formula is C27H37Cl2OPRu. The summed E-state index contributed by atoms with van der Waals surface area (Å²) in [4.78, 5) is 0. The van der Waals surface area contributed by atoms with Crippen LogP contribution in [0.25, 0.3) is 10.8 Å². The summed E-state index contributed by atoms with van der Waals surface area (Å²) in [5, 5.41) is 2.32. The van der Waals surface area contributed by atoms with Crippen molar-refractivity contribution in [3.63, 3.8) is 0 Å². The predicted octanol–water partition coefficient (Wildman–Crippen LogP) is 9.22. The number of hydrogen-bond donors (Lipinski definition) is 0. The van der Waals surface area contributed by atoms with Crippen LogP contribution in [0.15, 0.2) is 36.4 Å². The number of halogens is 2. The average Bonchev–Trinajstić information content (AvgIpc) is 3.58. The molecule has 0 spiro atoms. The normalized spacial score (nSPS) is 20.6. The van der Waals surface area contributed by atoms with E-state index in [2.05, 4.69) is 18.2 Å². The molecule has 0 atom stereocenters. The van der Waals surface area contributed by atoms with E-state index in [0.717, 1.165) is 16.7 Å². The number of fused-ring (bicyclic) bond motifs is 1. The van der Waals surface area contributed by atoms with Gasteiger partial charge >= 0.3 is 108 Å². The fourth-order valence-corrected chi connectivity index (χ4v) is 12.5. The molecule has 32 heavy (non-hydrogen) atoms. The van der Waals surface area contributed by atoms with Crippen LogP contribution in [0.1, 0.15) is 82.6 Å². The van der Waals surface area contributed by atoms with Gasteiger partial charge in [0.15, 0.2) is 0 Å². The van der Waals surface area contributed by atoms with Gasteiger partial charge in [-0.05, 0) is 55.5 Å². The minimum atomic E-state index is -1.82. The van der Waals surface area contributed by atoms with Gasteiger partial charge in [-0.1, -0.05) is 46.4 Å². The van der Waals surface area contributed by atoms with E-state index in [-0.39, 0.29) is 0 Å². The fraction of sp³-hybridized carbons (Fsp3) is 0.593. The molecule has 5 heteroatoms. The van der Waals surface area contributed by atoms with Gasteiger partial charge in [-0.25, -0.2) is 0 Å². The second-order valence-electron chi connectivity index (χ2n) is 9.51. The molecule has 3 saturated carbocycles. The molecule has 0 bridgehead atoms. The molecule has 178 valence electrons. The SMILES string of the molecule is C1CCC(P(C2CCCC2)C2CCCC2)C1.COc1cc2ccccc2cc1[CH]=[Ru]([Cl])[Cl]. The van der Waals surface area contributed by atoms with Crippen molar-refractivity contribution in [1.29, 1.82) is 0 Å². The summed E-state index contributed by atoms with van der Waals surface area (Å²) in [6.45, 7) is 0. The summed E-state index contributed by atoms with van der Waals surface area (Å²) >= 11 is -1.82. The first-order valence-corrected chi connectivity index (χ1v) is 19.4. The van der Waals surface area contributed by atoms with Crippen molar-refractivity contribution in [2.75, 3.05) is 7.11 Å². The second kappa shape index (κ2) is 12.6. The van der Waals surface area contributed by atoms with Crippen molar-refractivity contribution >= 4 is 42.7 Å². The summed E-state index contributed by atoms with van der Waals surface area (Å²) < 4.78 is 7.23. The zero-order chi connectivity index (χ0) is 22.3. The van der Waals surface area contributed by atoms with E-state index in [4.69, 9.17) is 24.1 Å². The first-order valence-electron chi connectivity index (χ1n) is 12.3. The number of methoxy groups -OCH3 is 1. The number of rotatable bonds is 5. The van der Waals surface area contributed by atoms with Crippen LogP contribution in [-0.2, 0) is 13.5 Å². The third-order valence-corrected chi connectivity index (χ3v) is 13.4. The van der Waals surface area contributed by atoms with E-state index in [1.54, 1.807) is 84.2 Å². The standard InChI is InChI=1S/C15H27P.C12H10O.2ClH.Ru/c1-2-8-13(7-1)16(14-9-3-4-10-14)15-11-5-6-12-15;1-9-7-10-5-3-4-6-11(10)8-12(9)13-2;;;/h13-15H,1-12H2;1,3-8H,2H3;2*1H;/q;;;;+2/p-2. The third-order valence-electron chi connectivity index (χ3n) is 7.52. The van der Waals surface area contributed by atoms with E-state index < -0.39 is 13.5 Å². The number of ether oxygens (including phenoxy) is 1. The van der Waals surface area contributed by atoms with Crippen molar-refractivity contribution in [3.8, 4) is 5.75 Å². The Morgan fingerprint density at radius 1 is 0.781 bits per heavy atom. The summed E-state index contributed by atoms with van der Waals surface area (Å²) in [7, 11) is 13.9. The quantitative estimate of drug-likeness (QED) is 0.253. The average molecular weight is 581 g/mol. The molecule has 3 aliphatic rings. The van der Waals surface area contributed by atoms with Crippen LogP contribution in [0.3, 0.4) is 0 Å². The van der Waals surface area contributed by atoms with Gasteiger partial charge in [-0.15, -0.1) is 0 Å². The molecule has 5 rings (SSSR count). The monoisotopic (exact) mass is 580 g/mol. The fourth-order valence-electron chi connectivity index (χ4n) is 6.08. The van der Waals surface area contributed by atoms with E-state index >= 15 is 0 Å². The molecule has 0 unspecified atom stereocenters. The first kappa shape index (κ1) is 25.1. The van der Waals surface area contributed by atoms with Crippen LogP contribution < -0.4 is 4.74 Å². The summed E-state index contributed by atoms with van der Waals surface area (Å²) in [5.41, 5.74) is 4.61. The third kappa shape index (κ3) is 6.57. The molecule has 3 aliphatic carbocycles. The Morgan fingerprint density at radius 3 is 1.62 bits per heavy atom. The number of benzene rings is 2. The first-order chi connectivity index (χ1) is 15.7. The Kier molecular flexibility index (Phi) is 9.91. The van der Waals surface area contributed by atoms with E-state index in [9.17, 15) is 0 Å². The molecule has 0 aliphatic heterocycles. The molecular weight excluding hydrogens is 543 g/mol. The molecule has 0 aromatic heterocycles. The summed E-state index contributed by atoms with van der Waals surface area (Å²) in [5.74, 6) is 0.818.